The first-order chi connectivity index (χ1) is 18.2. The third-order valence-corrected chi connectivity index (χ3v) is 6.65. The molecule has 0 unspecified atom stereocenters. The zero-order valence-corrected chi connectivity index (χ0v) is 21.8. The summed E-state index contributed by atoms with van der Waals surface area (Å²) in [6.45, 7) is 8.34. The van der Waals surface area contributed by atoms with Gasteiger partial charge in [0.1, 0.15) is 11.2 Å². The second-order valence-electron chi connectivity index (χ2n) is 9.21. The van der Waals surface area contributed by atoms with E-state index in [1.807, 2.05) is 39.0 Å². The van der Waals surface area contributed by atoms with Crippen molar-refractivity contribution in [1.29, 1.82) is 5.26 Å². The van der Waals surface area contributed by atoms with Crippen LogP contribution in [0.1, 0.15) is 46.0 Å². The highest BCUT2D eigenvalue weighted by atomic mass is 35.5. The summed E-state index contributed by atoms with van der Waals surface area (Å²) in [7, 11) is 0. The van der Waals surface area contributed by atoms with Crippen molar-refractivity contribution >= 4 is 46.0 Å². The van der Waals surface area contributed by atoms with Gasteiger partial charge in [0.15, 0.2) is 17.2 Å². The van der Waals surface area contributed by atoms with Gasteiger partial charge in [-0.2, -0.15) is 5.26 Å². The quantitative estimate of drug-likeness (QED) is 0.342. The number of anilines is 3. The molecule has 38 heavy (non-hydrogen) atoms. The molecule has 0 aliphatic carbocycles. The number of halogens is 1. The van der Waals surface area contributed by atoms with Crippen LogP contribution in [-0.4, -0.2) is 57.4 Å². The summed E-state index contributed by atoms with van der Waals surface area (Å²) in [5, 5.41) is 26.8. The number of piperazine rings is 1. The van der Waals surface area contributed by atoms with Gasteiger partial charge in [0, 0.05) is 37.8 Å². The summed E-state index contributed by atoms with van der Waals surface area (Å²) < 4.78 is 5.40. The van der Waals surface area contributed by atoms with Crippen molar-refractivity contribution in [3.63, 3.8) is 0 Å². The number of nitriles is 1. The lowest BCUT2D eigenvalue weighted by Crippen LogP contribution is -2.47. The van der Waals surface area contributed by atoms with Gasteiger partial charge in [-0.25, -0.2) is 19.7 Å². The fourth-order valence-corrected chi connectivity index (χ4v) is 4.76. The zero-order valence-electron chi connectivity index (χ0n) is 21.1. The lowest BCUT2D eigenvalue weighted by atomic mass is 10.0. The summed E-state index contributed by atoms with van der Waals surface area (Å²) in [6.07, 6.45) is 0. The predicted molar refractivity (Wildman–Crippen MR) is 143 cm³/mol. The highest BCUT2D eigenvalue weighted by Gasteiger charge is 2.25. The molecule has 11 nitrogen and oxygen atoms in total. The third kappa shape index (κ3) is 4.90. The summed E-state index contributed by atoms with van der Waals surface area (Å²) in [5.41, 5.74) is 4.24. The van der Waals surface area contributed by atoms with Crippen LogP contribution in [0.5, 0.6) is 0 Å². The summed E-state index contributed by atoms with van der Waals surface area (Å²) in [6, 6.07) is 10.8. The number of aromatic nitrogens is 4. The SMILES string of the molecule is Cc1cc([C@@H](C)Nc2ccc(Cl)nc2C(=O)O)c2nc(N3CCN(c4cc(C)no4)CC3)c(C#N)nc2c1. The molecule has 3 aromatic heterocycles. The molecule has 194 valence electrons. The maximum atomic E-state index is 11.7. The Morgan fingerprint density at radius 2 is 1.87 bits per heavy atom. The number of hydrogen-bond acceptors (Lipinski definition) is 10. The van der Waals surface area contributed by atoms with Crippen LogP contribution < -0.4 is 15.1 Å². The summed E-state index contributed by atoms with van der Waals surface area (Å²) in [5.74, 6) is 0.0593. The zero-order chi connectivity index (χ0) is 27.0. The number of aryl methyl sites for hydroxylation is 2. The van der Waals surface area contributed by atoms with E-state index in [1.165, 1.54) is 6.07 Å². The van der Waals surface area contributed by atoms with Gasteiger partial charge in [-0.15, -0.1) is 0 Å². The van der Waals surface area contributed by atoms with Gasteiger partial charge < -0.3 is 24.7 Å². The van der Waals surface area contributed by atoms with Crippen LogP contribution in [0.3, 0.4) is 0 Å². The minimum absolute atomic E-state index is 0.0969. The fourth-order valence-electron chi connectivity index (χ4n) is 4.61. The topological polar surface area (TPSA) is 144 Å². The van der Waals surface area contributed by atoms with E-state index >= 15 is 0 Å². The van der Waals surface area contributed by atoms with Crippen LogP contribution in [0.25, 0.3) is 11.0 Å². The number of carbonyl (C=O) groups is 1. The van der Waals surface area contributed by atoms with E-state index in [2.05, 4.69) is 36.3 Å². The van der Waals surface area contributed by atoms with Crippen molar-refractivity contribution in [1.82, 2.24) is 20.1 Å². The Labute approximate surface area is 223 Å². The molecule has 0 saturated carbocycles. The van der Waals surface area contributed by atoms with E-state index in [0.29, 0.717) is 48.7 Å². The molecule has 0 spiro atoms. The van der Waals surface area contributed by atoms with E-state index in [-0.39, 0.29) is 22.6 Å². The third-order valence-electron chi connectivity index (χ3n) is 6.44. The predicted octanol–water partition coefficient (Wildman–Crippen LogP) is 4.35. The normalized spacial score (nSPS) is 14.4. The van der Waals surface area contributed by atoms with Gasteiger partial charge >= 0.3 is 5.97 Å². The van der Waals surface area contributed by atoms with Crippen LogP contribution in [0.2, 0.25) is 5.15 Å². The first kappa shape index (κ1) is 25.2. The van der Waals surface area contributed by atoms with E-state index in [4.69, 9.17) is 21.1 Å². The van der Waals surface area contributed by atoms with Gasteiger partial charge in [-0.1, -0.05) is 22.8 Å². The molecule has 1 atom stereocenters. The summed E-state index contributed by atoms with van der Waals surface area (Å²) in [4.78, 5) is 29.4. The van der Waals surface area contributed by atoms with Crippen LogP contribution in [0.15, 0.2) is 34.9 Å². The minimum Gasteiger partial charge on any atom is -0.476 e. The van der Waals surface area contributed by atoms with Crippen LogP contribution >= 0.6 is 11.6 Å². The average molecular weight is 533 g/mol. The maximum Gasteiger partial charge on any atom is 0.356 e. The second-order valence-corrected chi connectivity index (χ2v) is 9.60. The Morgan fingerprint density at radius 1 is 1.13 bits per heavy atom. The molecular formula is C26H25ClN8O3. The lowest BCUT2D eigenvalue weighted by Gasteiger charge is -2.35. The Morgan fingerprint density at radius 3 is 2.53 bits per heavy atom. The molecule has 12 heteroatoms. The first-order valence-corrected chi connectivity index (χ1v) is 12.4. The molecule has 1 aliphatic rings. The smallest absolute Gasteiger partial charge is 0.356 e. The number of carboxylic acids is 1. The molecule has 1 aromatic carbocycles. The lowest BCUT2D eigenvalue weighted by molar-refractivity contribution is 0.0691. The van der Waals surface area contributed by atoms with E-state index < -0.39 is 5.97 Å². The van der Waals surface area contributed by atoms with Crippen LogP contribution in [0, 0.1) is 25.2 Å². The Kier molecular flexibility index (Phi) is 6.73. The fraction of sp³-hybridized carbons (Fsp3) is 0.308. The van der Waals surface area contributed by atoms with Crippen molar-refractivity contribution in [2.24, 2.45) is 0 Å². The molecule has 1 aliphatic heterocycles. The molecule has 2 N–H and O–H groups in total. The number of fused-ring (bicyclic) bond motifs is 1. The first-order valence-electron chi connectivity index (χ1n) is 12.1. The molecule has 1 fully saturated rings. The number of rotatable bonds is 6. The molecule has 5 rings (SSSR count). The highest BCUT2D eigenvalue weighted by molar-refractivity contribution is 6.29. The van der Waals surface area contributed by atoms with Crippen molar-refractivity contribution in [2.75, 3.05) is 41.3 Å². The molecule has 4 heterocycles. The van der Waals surface area contributed by atoms with Crippen molar-refractivity contribution in [3.8, 4) is 6.07 Å². The molecule has 0 radical (unpaired) electrons. The number of benzene rings is 1. The highest BCUT2D eigenvalue weighted by Crippen LogP contribution is 2.31. The van der Waals surface area contributed by atoms with Gasteiger partial charge in [0.05, 0.1) is 28.5 Å². The largest absolute Gasteiger partial charge is 0.476 e. The second kappa shape index (κ2) is 10.1. The standard InChI is InChI=1S/C26H25ClN8O3/c1-14-10-17(16(3)29-18-4-5-21(27)31-24(18)26(36)37)23-19(11-14)30-20(13-28)25(32-23)35-8-6-34(7-9-35)22-12-15(2)33-38-22/h4-5,10-12,16,29H,6-9H2,1-3H3,(H,36,37)/t16-/m1/s1. The number of hydrogen-bond donors (Lipinski definition) is 2. The molecule has 0 amide bonds. The maximum absolute atomic E-state index is 11.7. The Hall–Kier alpha value is -4.43. The monoisotopic (exact) mass is 532 g/mol. The molecule has 1 saturated heterocycles. The van der Waals surface area contributed by atoms with Gasteiger partial charge in [-0.05, 0) is 44.5 Å². The Balaban J connectivity index is 1.48. The van der Waals surface area contributed by atoms with Crippen LogP contribution in [-0.2, 0) is 0 Å². The molecule has 4 aromatic rings. The van der Waals surface area contributed by atoms with E-state index in [0.717, 1.165) is 22.7 Å². The van der Waals surface area contributed by atoms with Gasteiger partial charge in [0.2, 0.25) is 5.88 Å². The number of nitrogens with zero attached hydrogens (tertiary/aromatic N) is 7. The van der Waals surface area contributed by atoms with Gasteiger partial charge in [-0.3, -0.25) is 0 Å². The number of aromatic carboxylic acids is 1. The van der Waals surface area contributed by atoms with Crippen molar-refractivity contribution in [2.45, 2.75) is 26.8 Å². The van der Waals surface area contributed by atoms with Gasteiger partial charge in [0.25, 0.3) is 0 Å². The summed E-state index contributed by atoms with van der Waals surface area (Å²) >= 11 is 5.92. The van der Waals surface area contributed by atoms with Crippen LogP contribution in [0.4, 0.5) is 17.4 Å². The number of nitrogens with one attached hydrogen (secondary N) is 1. The molecule has 0 bridgehead atoms. The van der Waals surface area contributed by atoms with Crippen molar-refractivity contribution < 1.29 is 14.4 Å². The molecular weight excluding hydrogens is 508 g/mol. The number of pyridine rings is 1. The average Bonchev–Trinajstić information content (AvgIpc) is 3.34. The van der Waals surface area contributed by atoms with Crippen molar-refractivity contribution in [3.05, 3.63) is 63.7 Å². The van der Waals surface area contributed by atoms with E-state index in [1.54, 1.807) is 6.07 Å². The number of carboxylic acid groups (broad SMARTS) is 1. The van der Waals surface area contributed by atoms with E-state index in [9.17, 15) is 15.2 Å². The minimum atomic E-state index is -1.18. The Bertz CT molecular complexity index is 1570.